The van der Waals surface area contributed by atoms with E-state index in [2.05, 4.69) is 6.58 Å². The molecule has 2 fully saturated rings. The van der Waals surface area contributed by atoms with E-state index in [9.17, 15) is 29.7 Å². The van der Waals surface area contributed by atoms with Gasteiger partial charge in [-0.05, 0) is 48.6 Å². The summed E-state index contributed by atoms with van der Waals surface area (Å²) in [6.45, 7) is 13.6. The molecule has 0 spiro atoms. The molecule has 3 aliphatic rings. The maximum absolute atomic E-state index is 13.6. The van der Waals surface area contributed by atoms with Crippen molar-refractivity contribution in [1.29, 1.82) is 0 Å². The molecule has 4 rings (SSSR count). The Hall–Kier alpha value is -3.01. The minimum atomic E-state index is -1.91. The highest BCUT2D eigenvalue weighted by Gasteiger charge is 2.69. The van der Waals surface area contributed by atoms with Gasteiger partial charge in [-0.15, -0.1) is 0 Å². The van der Waals surface area contributed by atoms with Crippen LogP contribution in [-0.4, -0.2) is 69.3 Å². The molecule has 0 unspecified atom stereocenters. The summed E-state index contributed by atoms with van der Waals surface area (Å²) >= 11 is 0. The molecule has 9 nitrogen and oxygen atoms in total. The summed E-state index contributed by atoms with van der Waals surface area (Å²) in [7, 11) is 0. The number of fused-ring (bicyclic) bond motifs is 3. The lowest BCUT2D eigenvalue weighted by Crippen LogP contribution is -2.71. The van der Waals surface area contributed by atoms with Crippen LogP contribution in [0.5, 0.6) is 0 Å². The molecule has 8 atom stereocenters. The van der Waals surface area contributed by atoms with E-state index < -0.39 is 70.8 Å². The van der Waals surface area contributed by atoms with Gasteiger partial charge in [0, 0.05) is 37.0 Å². The predicted molar refractivity (Wildman–Crippen MR) is 145 cm³/mol. The zero-order valence-corrected chi connectivity index (χ0v) is 24.0. The van der Waals surface area contributed by atoms with Crippen molar-refractivity contribution in [3.63, 3.8) is 0 Å². The number of aliphatic hydroxyl groups excluding tert-OH is 2. The minimum absolute atomic E-state index is 0.191. The molecular weight excluding hydrogens is 516 g/mol. The van der Waals surface area contributed by atoms with Crippen LogP contribution in [0.15, 0.2) is 53.6 Å². The number of hydrogen-bond donors (Lipinski definition) is 3. The molecule has 0 aromatic heterocycles. The first kappa shape index (κ1) is 30.0. The molecule has 218 valence electrons. The van der Waals surface area contributed by atoms with Gasteiger partial charge in [0.05, 0.1) is 17.8 Å². The fourth-order valence-corrected chi connectivity index (χ4v) is 7.31. The van der Waals surface area contributed by atoms with E-state index in [0.29, 0.717) is 16.7 Å². The van der Waals surface area contributed by atoms with Gasteiger partial charge in [0.1, 0.15) is 17.8 Å². The van der Waals surface area contributed by atoms with Gasteiger partial charge < -0.3 is 29.5 Å². The zero-order chi connectivity index (χ0) is 29.8. The van der Waals surface area contributed by atoms with Crippen LogP contribution in [0.3, 0.4) is 0 Å². The summed E-state index contributed by atoms with van der Waals surface area (Å²) in [5.41, 5.74) is -2.85. The van der Waals surface area contributed by atoms with E-state index in [4.69, 9.17) is 14.2 Å². The molecule has 9 heteroatoms. The first-order valence-corrected chi connectivity index (χ1v) is 13.6. The van der Waals surface area contributed by atoms with E-state index in [1.165, 1.54) is 13.8 Å². The van der Waals surface area contributed by atoms with E-state index in [0.717, 1.165) is 0 Å². The van der Waals surface area contributed by atoms with Crippen molar-refractivity contribution in [2.45, 2.75) is 96.9 Å². The monoisotopic (exact) mass is 556 g/mol. The van der Waals surface area contributed by atoms with Crippen LogP contribution >= 0.6 is 0 Å². The highest BCUT2D eigenvalue weighted by atomic mass is 16.6. The molecular formula is C31H40O9. The molecule has 0 saturated heterocycles. The third kappa shape index (κ3) is 4.67. The summed E-state index contributed by atoms with van der Waals surface area (Å²) in [4.78, 5) is 38.6. The van der Waals surface area contributed by atoms with Gasteiger partial charge in [-0.3, -0.25) is 9.59 Å². The van der Waals surface area contributed by atoms with Crippen molar-refractivity contribution in [2.24, 2.45) is 16.7 Å². The third-order valence-corrected chi connectivity index (χ3v) is 9.49. The summed E-state index contributed by atoms with van der Waals surface area (Å²) in [6, 6.07) is 8.32. The Balaban J connectivity index is 2.05. The summed E-state index contributed by atoms with van der Waals surface area (Å²) < 4.78 is 18.1. The van der Waals surface area contributed by atoms with Crippen LogP contribution in [0.25, 0.3) is 0 Å². The van der Waals surface area contributed by atoms with E-state index in [1.807, 2.05) is 6.92 Å². The smallest absolute Gasteiger partial charge is 0.338 e. The molecule has 0 radical (unpaired) electrons. The van der Waals surface area contributed by atoms with Crippen LogP contribution < -0.4 is 0 Å². The largest absolute Gasteiger partial charge is 0.458 e. The third-order valence-electron chi connectivity index (χ3n) is 9.49. The number of rotatable bonds is 4. The molecule has 0 amide bonds. The van der Waals surface area contributed by atoms with Gasteiger partial charge in [-0.1, -0.05) is 45.5 Å². The highest BCUT2D eigenvalue weighted by molar-refractivity contribution is 5.89. The molecule has 40 heavy (non-hydrogen) atoms. The van der Waals surface area contributed by atoms with E-state index >= 15 is 0 Å². The topological polar surface area (TPSA) is 140 Å². The van der Waals surface area contributed by atoms with E-state index in [1.54, 1.807) is 51.1 Å². The lowest BCUT2D eigenvalue weighted by molar-refractivity contribution is -0.233. The number of esters is 3. The van der Waals surface area contributed by atoms with Crippen LogP contribution in [0, 0.1) is 16.7 Å². The van der Waals surface area contributed by atoms with Crippen molar-refractivity contribution >= 4 is 17.9 Å². The van der Waals surface area contributed by atoms with Gasteiger partial charge >= 0.3 is 17.9 Å². The van der Waals surface area contributed by atoms with Gasteiger partial charge in [-0.25, -0.2) is 4.79 Å². The Labute approximate surface area is 234 Å². The second-order valence-corrected chi connectivity index (χ2v) is 12.2. The Kier molecular flexibility index (Phi) is 7.81. The molecule has 1 aromatic carbocycles. The van der Waals surface area contributed by atoms with Crippen LogP contribution in [0.4, 0.5) is 0 Å². The summed E-state index contributed by atoms with van der Waals surface area (Å²) in [6.07, 6.45) is -5.43. The van der Waals surface area contributed by atoms with Crippen LogP contribution in [-0.2, 0) is 23.8 Å². The maximum atomic E-state index is 13.6. The fourth-order valence-electron chi connectivity index (χ4n) is 7.31. The van der Waals surface area contributed by atoms with Gasteiger partial charge in [-0.2, -0.15) is 0 Å². The fraction of sp³-hybridized carbons (Fsp3) is 0.581. The highest BCUT2D eigenvalue weighted by Crippen LogP contribution is 2.62. The second kappa shape index (κ2) is 10.4. The maximum Gasteiger partial charge on any atom is 0.338 e. The quantitative estimate of drug-likeness (QED) is 0.290. The Morgan fingerprint density at radius 3 is 2.10 bits per heavy atom. The average Bonchev–Trinajstić information content (AvgIpc) is 2.87. The van der Waals surface area contributed by atoms with Gasteiger partial charge in [0.2, 0.25) is 0 Å². The second-order valence-electron chi connectivity index (χ2n) is 12.2. The predicted octanol–water partition coefficient (Wildman–Crippen LogP) is 3.26. The Morgan fingerprint density at radius 1 is 0.925 bits per heavy atom. The summed E-state index contributed by atoms with van der Waals surface area (Å²) in [5.74, 6) is -2.90. The van der Waals surface area contributed by atoms with Crippen molar-refractivity contribution in [2.75, 3.05) is 0 Å². The molecule has 3 N–H and O–H groups in total. The summed E-state index contributed by atoms with van der Waals surface area (Å²) in [5, 5.41) is 35.0. The van der Waals surface area contributed by atoms with Crippen LogP contribution in [0.2, 0.25) is 0 Å². The number of benzene rings is 1. The Bertz CT molecular complexity index is 1230. The lowest BCUT2D eigenvalue weighted by Gasteiger charge is -2.62. The van der Waals surface area contributed by atoms with Crippen molar-refractivity contribution < 1.29 is 43.9 Å². The number of carbonyl (C=O) groups is 3. The molecule has 2 saturated carbocycles. The van der Waals surface area contributed by atoms with Crippen molar-refractivity contribution in [3.8, 4) is 0 Å². The molecule has 2 bridgehead atoms. The first-order valence-electron chi connectivity index (χ1n) is 13.6. The molecule has 0 heterocycles. The van der Waals surface area contributed by atoms with Gasteiger partial charge in [0.15, 0.2) is 6.10 Å². The SMILES string of the molecule is C=C1[C@@H]2[C@@H](OC(=O)c3ccccc3)[C@]3(O)C[C@H](O)C(C)=C([C@@H](OC(C)=O)[C@H](OC(C)=O)[C@]2(C)CC[C@@H]1O)C3(C)C. The Morgan fingerprint density at radius 2 is 1.52 bits per heavy atom. The number of aliphatic hydroxyl groups is 3. The van der Waals surface area contributed by atoms with E-state index in [-0.39, 0.29) is 24.8 Å². The normalized spacial score (nSPS) is 37.0. The van der Waals surface area contributed by atoms with Gasteiger partial charge in [0.25, 0.3) is 0 Å². The number of ether oxygens (including phenoxy) is 3. The van der Waals surface area contributed by atoms with Crippen LogP contribution in [0.1, 0.15) is 71.2 Å². The number of hydrogen-bond acceptors (Lipinski definition) is 9. The minimum Gasteiger partial charge on any atom is -0.458 e. The number of carbonyl (C=O) groups excluding carboxylic acids is 3. The van der Waals surface area contributed by atoms with Crippen molar-refractivity contribution in [1.82, 2.24) is 0 Å². The standard InChI is InChI=1S/C31H40O9/c1-16-21(34)13-14-30(7)24(16)26(40-28(36)20-11-9-8-10-12-20)31(37)15-22(35)17(2)23(29(31,5)6)25(38-18(3)32)27(30)39-19(4)33/h8-12,21-22,24-27,34-35,37H,1,13-15H2,2-7H3/t21-,22-,24+,25+,26+,27-,30+,31+/m0/s1. The average molecular weight is 557 g/mol. The zero-order valence-electron chi connectivity index (χ0n) is 24.0. The first-order chi connectivity index (χ1) is 18.6. The molecule has 0 aliphatic heterocycles. The lowest BCUT2D eigenvalue weighted by atomic mass is 9.47. The molecule has 1 aromatic rings. The molecule has 3 aliphatic carbocycles. The van der Waals surface area contributed by atoms with Crippen molar-refractivity contribution in [3.05, 3.63) is 59.2 Å².